The summed E-state index contributed by atoms with van der Waals surface area (Å²) in [4.78, 5) is 40.5. The highest BCUT2D eigenvalue weighted by Gasteiger charge is 2.31. The number of unbranched alkanes of at least 4 members (excludes halogenated alkanes) is 2. The van der Waals surface area contributed by atoms with E-state index in [1.165, 1.54) is 20.9 Å². The van der Waals surface area contributed by atoms with Gasteiger partial charge in [0.05, 0.1) is 10.9 Å². The standard InChI is InChI=1S/C25H28N4O3S/c1-2-3-6-14-29-25(32)17-9-5-4-8-16(17)21(28-29)23(31)27-24-20(22(30)26-15-12-13-15)18-10-7-11-19(18)33-24/h4-5,8-9,15H,2-3,6-7,10-14H2,1H3,(H,26,30)(H,27,31). The number of hydrogen-bond donors (Lipinski definition) is 2. The first-order chi connectivity index (χ1) is 16.1. The summed E-state index contributed by atoms with van der Waals surface area (Å²) in [7, 11) is 0. The average molecular weight is 465 g/mol. The Kier molecular flexibility index (Phi) is 6.01. The average Bonchev–Trinajstić information content (AvgIpc) is 3.39. The molecular formula is C25H28N4O3S. The smallest absolute Gasteiger partial charge is 0.277 e. The van der Waals surface area contributed by atoms with Crippen LogP contribution in [0.15, 0.2) is 29.1 Å². The molecule has 1 aromatic carbocycles. The van der Waals surface area contributed by atoms with Crippen LogP contribution >= 0.6 is 11.3 Å². The lowest BCUT2D eigenvalue weighted by atomic mass is 10.1. The molecule has 0 saturated heterocycles. The molecule has 0 aliphatic heterocycles. The van der Waals surface area contributed by atoms with E-state index >= 15 is 0 Å². The molecule has 0 unspecified atom stereocenters. The van der Waals surface area contributed by atoms with Gasteiger partial charge in [0.25, 0.3) is 17.4 Å². The van der Waals surface area contributed by atoms with Crippen LogP contribution in [-0.4, -0.2) is 27.6 Å². The summed E-state index contributed by atoms with van der Waals surface area (Å²) in [6.45, 7) is 2.57. The van der Waals surface area contributed by atoms with Crippen molar-refractivity contribution in [3.8, 4) is 0 Å². The first-order valence-corrected chi connectivity index (χ1v) is 12.6. The van der Waals surface area contributed by atoms with Gasteiger partial charge in [-0.15, -0.1) is 11.3 Å². The highest BCUT2D eigenvalue weighted by molar-refractivity contribution is 7.17. The minimum atomic E-state index is -0.393. The van der Waals surface area contributed by atoms with Crippen LogP contribution in [-0.2, 0) is 19.4 Å². The van der Waals surface area contributed by atoms with Gasteiger partial charge in [-0.3, -0.25) is 14.4 Å². The zero-order valence-corrected chi connectivity index (χ0v) is 19.6. The maximum atomic E-state index is 13.4. The summed E-state index contributed by atoms with van der Waals surface area (Å²) < 4.78 is 1.40. The number of nitrogens with one attached hydrogen (secondary N) is 2. The quantitative estimate of drug-likeness (QED) is 0.487. The van der Waals surface area contributed by atoms with E-state index in [-0.39, 0.29) is 23.2 Å². The van der Waals surface area contributed by atoms with Crippen molar-refractivity contribution >= 4 is 38.9 Å². The molecule has 2 aliphatic carbocycles. The van der Waals surface area contributed by atoms with Gasteiger partial charge < -0.3 is 10.6 Å². The molecule has 33 heavy (non-hydrogen) atoms. The molecule has 5 rings (SSSR count). The van der Waals surface area contributed by atoms with Crippen molar-refractivity contribution in [1.29, 1.82) is 0 Å². The van der Waals surface area contributed by atoms with E-state index in [1.807, 2.05) is 0 Å². The van der Waals surface area contributed by atoms with Crippen molar-refractivity contribution in [2.75, 3.05) is 5.32 Å². The van der Waals surface area contributed by atoms with Crippen LogP contribution in [0.1, 0.15) is 76.7 Å². The van der Waals surface area contributed by atoms with Crippen molar-refractivity contribution in [3.63, 3.8) is 0 Å². The van der Waals surface area contributed by atoms with Crippen molar-refractivity contribution in [1.82, 2.24) is 15.1 Å². The van der Waals surface area contributed by atoms with Gasteiger partial charge >= 0.3 is 0 Å². The summed E-state index contributed by atoms with van der Waals surface area (Å²) in [5.74, 6) is -0.495. The monoisotopic (exact) mass is 464 g/mol. The number of carbonyl (C=O) groups is 2. The molecule has 2 amide bonds. The van der Waals surface area contributed by atoms with E-state index in [0.29, 0.717) is 27.9 Å². The molecular weight excluding hydrogens is 436 g/mol. The van der Waals surface area contributed by atoms with Crippen molar-refractivity contribution in [3.05, 3.63) is 56.3 Å². The third-order valence-corrected chi connectivity index (χ3v) is 7.55. The molecule has 0 atom stereocenters. The van der Waals surface area contributed by atoms with Crippen molar-refractivity contribution in [2.24, 2.45) is 0 Å². The lowest BCUT2D eigenvalue weighted by molar-refractivity contribution is 0.0951. The van der Waals surface area contributed by atoms with Crippen LogP contribution in [0.25, 0.3) is 10.8 Å². The minimum absolute atomic E-state index is 0.102. The zero-order valence-electron chi connectivity index (χ0n) is 18.8. The van der Waals surface area contributed by atoms with Gasteiger partial charge in [0.2, 0.25) is 0 Å². The Morgan fingerprint density at radius 2 is 1.91 bits per heavy atom. The first-order valence-electron chi connectivity index (χ1n) is 11.8. The predicted molar refractivity (Wildman–Crippen MR) is 130 cm³/mol. The summed E-state index contributed by atoms with van der Waals surface area (Å²) in [6.07, 6.45) is 7.69. The van der Waals surface area contributed by atoms with Crippen molar-refractivity contribution < 1.29 is 9.59 Å². The number of fused-ring (bicyclic) bond motifs is 2. The van der Waals surface area contributed by atoms with Crippen LogP contribution < -0.4 is 16.2 Å². The number of anilines is 1. The van der Waals surface area contributed by atoms with Gasteiger partial charge in [-0.1, -0.05) is 38.0 Å². The van der Waals surface area contributed by atoms with E-state index in [4.69, 9.17) is 0 Å². The van der Waals surface area contributed by atoms with Gasteiger partial charge in [-0.25, -0.2) is 4.68 Å². The number of hydrogen-bond acceptors (Lipinski definition) is 5. The molecule has 2 heterocycles. The number of thiophene rings is 1. The molecule has 2 aromatic heterocycles. The normalized spacial score (nSPS) is 14.9. The number of rotatable bonds is 8. The van der Waals surface area contributed by atoms with Crippen LogP contribution in [0.2, 0.25) is 0 Å². The molecule has 2 aliphatic rings. The summed E-state index contributed by atoms with van der Waals surface area (Å²) in [5.41, 5.74) is 1.70. The van der Waals surface area contributed by atoms with Gasteiger partial charge in [-0.05, 0) is 50.2 Å². The van der Waals surface area contributed by atoms with E-state index in [0.717, 1.165) is 56.9 Å². The Bertz CT molecular complexity index is 1290. The van der Waals surface area contributed by atoms with Gasteiger partial charge in [-0.2, -0.15) is 5.10 Å². The summed E-state index contributed by atoms with van der Waals surface area (Å²) in [6, 6.07) is 7.34. The van der Waals surface area contributed by atoms with E-state index in [9.17, 15) is 14.4 Å². The number of benzene rings is 1. The van der Waals surface area contributed by atoms with Crippen molar-refractivity contribution in [2.45, 2.75) is 70.9 Å². The predicted octanol–water partition coefficient (Wildman–Crippen LogP) is 4.28. The summed E-state index contributed by atoms with van der Waals surface area (Å²) >= 11 is 1.49. The molecule has 8 heteroatoms. The van der Waals surface area contributed by atoms with Gasteiger partial charge in [0.15, 0.2) is 5.69 Å². The molecule has 1 fully saturated rings. The number of aryl methyl sites for hydroxylation is 2. The molecule has 2 N–H and O–H groups in total. The van der Waals surface area contributed by atoms with E-state index in [2.05, 4.69) is 22.7 Å². The number of aromatic nitrogens is 2. The Balaban J connectivity index is 1.50. The Morgan fingerprint density at radius 1 is 1.12 bits per heavy atom. The molecule has 0 radical (unpaired) electrons. The second kappa shape index (κ2) is 9.09. The second-order valence-electron chi connectivity index (χ2n) is 8.89. The first kappa shape index (κ1) is 21.8. The molecule has 1 saturated carbocycles. The molecule has 3 aromatic rings. The third kappa shape index (κ3) is 4.31. The van der Waals surface area contributed by atoms with Gasteiger partial charge in [0, 0.05) is 22.8 Å². The maximum absolute atomic E-state index is 13.4. The number of amides is 2. The van der Waals surface area contributed by atoms with Crippen LogP contribution in [0, 0.1) is 0 Å². The third-order valence-electron chi connectivity index (χ3n) is 6.34. The van der Waals surface area contributed by atoms with E-state index < -0.39 is 5.91 Å². The fourth-order valence-electron chi connectivity index (χ4n) is 4.45. The lowest BCUT2D eigenvalue weighted by Gasteiger charge is -2.12. The Labute approximate surface area is 196 Å². The SMILES string of the molecule is CCCCCn1nc(C(=O)Nc2sc3c(c2C(=O)NC2CC2)CCC3)c2ccccc2c1=O. The lowest BCUT2D eigenvalue weighted by Crippen LogP contribution is -2.29. The van der Waals surface area contributed by atoms with Crippen LogP contribution in [0.4, 0.5) is 5.00 Å². The maximum Gasteiger partial charge on any atom is 0.277 e. The minimum Gasteiger partial charge on any atom is -0.349 e. The topological polar surface area (TPSA) is 93.1 Å². The zero-order chi connectivity index (χ0) is 22.9. The number of carbonyl (C=O) groups excluding carboxylic acids is 2. The highest BCUT2D eigenvalue weighted by atomic mass is 32.1. The molecule has 7 nitrogen and oxygen atoms in total. The Morgan fingerprint density at radius 3 is 2.67 bits per heavy atom. The second-order valence-corrected chi connectivity index (χ2v) is 10.00. The Hall–Kier alpha value is -3.00. The van der Waals surface area contributed by atoms with E-state index in [1.54, 1.807) is 24.3 Å². The fourth-order valence-corrected chi connectivity index (χ4v) is 5.73. The molecule has 0 spiro atoms. The largest absolute Gasteiger partial charge is 0.349 e. The van der Waals surface area contributed by atoms with Crippen LogP contribution in [0.3, 0.4) is 0 Å². The summed E-state index contributed by atoms with van der Waals surface area (Å²) in [5, 5.41) is 12.1. The molecule has 0 bridgehead atoms. The number of nitrogens with zero attached hydrogens (tertiary/aromatic N) is 2. The van der Waals surface area contributed by atoms with Crippen LogP contribution in [0.5, 0.6) is 0 Å². The molecule has 172 valence electrons. The van der Waals surface area contributed by atoms with Gasteiger partial charge in [0.1, 0.15) is 5.00 Å². The highest BCUT2D eigenvalue weighted by Crippen LogP contribution is 2.39. The fraction of sp³-hybridized carbons (Fsp3) is 0.440.